The maximum absolute atomic E-state index is 13.1. The number of benzene rings is 2. The van der Waals surface area contributed by atoms with Crippen LogP contribution in [-0.2, 0) is 10.0 Å². The molecule has 0 spiro atoms. The molecule has 1 aromatic heterocycles. The molecule has 8 heteroatoms. The molecule has 0 aliphatic rings. The topological polar surface area (TPSA) is 70.4 Å². The van der Waals surface area contributed by atoms with Gasteiger partial charge in [0, 0.05) is 18.0 Å². The Hall–Kier alpha value is -2.51. The molecular weight excluding hydrogens is 400 g/mol. The minimum atomic E-state index is -3.81. The molecule has 0 saturated carbocycles. The van der Waals surface area contributed by atoms with Gasteiger partial charge in [0.15, 0.2) is 17.3 Å². The van der Waals surface area contributed by atoms with Crippen LogP contribution in [0.25, 0.3) is 11.4 Å². The fraction of sp³-hybridized carbons (Fsp3) is 0.250. The molecule has 0 saturated heterocycles. The average Bonchev–Trinajstić information content (AvgIpc) is 3.15. The molecule has 0 atom stereocenters. The maximum Gasteiger partial charge on any atom is 0.269 e. The smallest absolute Gasteiger partial charge is 0.269 e. The predicted octanol–water partition coefficient (Wildman–Crippen LogP) is 4.55. The minimum Gasteiger partial charge on any atom is -0.490 e. The Morgan fingerprint density at radius 2 is 1.75 bits per heavy atom. The van der Waals surface area contributed by atoms with Gasteiger partial charge in [-0.25, -0.2) is 17.4 Å². The number of imidazole rings is 1. The number of ether oxygens (including phenoxy) is 2. The van der Waals surface area contributed by atoms with Crippen LogP contribution in [0.3, 0.4) is 0 Å². The predicted molar refractivity (Wildman–Crippen MR) is 109 cm³/mol. The van der Waals surface area contributed by atoms with Crippen LogP contribution in [-0.4, -0.2) is 30.6 Å². The number of aromatic nitrogens is 2. The Kier molecular flexibility index (Phi) is 5.96. The summed E-state index contributed by atoms with van der Waals surface area (Å²) >= 11 is 6.38. The van der Waals surface area contributed by atoms with Crippen LogP contribution in [0.1, 0.15) is 19.4 Å². The van der Waals surface area contributed by atoms with Crippen LogP contribution in [0.15, 0.2) is 53.7 Å². The van der Waals surface area contributed by atoms with Crippen LogP contribution in [0.4, 0.5) is 0 Å². The Morgan fingerprint density at radius 1 is 1.07 bits per heavy atom. The summed E-state index contributed by atoms with van der Waals surface area (Å²) < 4.78 is 38.5. The monoisotopic (exact) mass is 420 g/mol. The SMILES string of the molecule is CCOc1cc(-c2nccn2S(=O)(=O)c2ccc(C)cc2)cc(Cl)c1OCC. The van der Waals surface area contributed by atoms with Crippen molar-refractivity contribution in [1.82, 2.24) is 8.96 Å². The summed E-state index contributed by atoms with van der Waals surface area (Å²) in [5, 5.41) is 0.324. The van der Waals surface area contributed by atoms with Gasteiger partial charge in [-0.2, -0.15) is 0 Å². The summed E-state index contributed by atoms with van der Waals surface area (Å²) in [6, 6.07) is 9.97. The second-order valence-corrected chi connectivity index (χ2v) is 8.24. The van der Waals surface area contributed by atoms with Gasteiger partial charge in [-0.05, 0) is 45.0 Å². The summed E-state index contributed by atoms with van der Waals surface area (Å²) in [6.07, 6.45) is 2.85. The molecule has 0 radical (unpaired) electrons. The quantitative estimate of drug-likeness (QED) is 0.561. The van der Waals surface area contributed by atoms with Crippen LogP contribution in [0.2, 0.25) is 5.02 Å². The molecule has 0 aliphatic carbocycles. The molecule has 0 aliphatic heterocycles. The normalized spacial score (nSPS) is 11.4. The highest BCUT2D eigenvalue weighted by molar-refractivity contribution is 7.90. The molecule has 2 aromatic carbocycles. The first-order valence-corrected chi connectivity index (χ1v) is 10.6. The molecule has 28 heavy (non-hydrogen) atoms. The van der Waals surface area contributed by atoms with E-state index in [9.17, 15) is 8.42 Å². The Morgan fingerprint density at radius 3 is 2.39 bits per heavy atom. The summed E-state index contributed by atoms with van der Waals surface area (Å²) in [4.78, 5) is 4.42. The van der Waals surface area contributed by atoms with Gasteiger partial charge in [0.1, 0.15) is 0 Å². The first-order valence-electron chi connectivity index (χ1n) is 8.83. The molecule has 3 aromatic rings. The molecule has 3 rings (SSSR count). The number of rotatable bonds is 7. The molecule has 1 heterocycles. The van der Waals surface area contributed by atoms with Gasteiger partial charge in [0.05, 0.1) is 23.1 Å². The summed E-state index contributed by atoms with van der Waals surface area (Å²) in [5.41, 5.74) is 1.49. The lowest BCUT2D eigenvalue weighted by Gasteiger charge is -2.15. The highest BCUT2D eigenvalue weighted by atomic mass is 35.5. The standard InChI is InChI=1S/C20H21ClN2O4S/c1-4-26-18-13-15(12-17(21)19(18)27-5-2)20-22-10-11-23(20)28(24,25)16-8-6-14(3)7-9-16/h6-13H,4-5H2,1-3H3. The highest BCUT2D eigenvalue weighted by Gasteiger charge is 2.23. The van der Waals surface area contributed by atoms with Crippen LogP contribution >= 0.6 is 11.6 Å². The van der Waals surface area contributed by atoms with E-state index in [1.54, 1.807) is 36.4 Å². The number of hydrogen-bond donors (Lipinski definition) is 0. The molecule has 0 fully saturated rings. The number of aryl methyl sites for hydroxylation is 1. The van der Waals surface area contributed by atoms with Gasteiger partial charge in [0.25, 0.3) is 10.0 Å². The van der Waals surface area contributed by atoms with Gasteiger partial charge in [-0.15, -0.1) is 0 Å². The van der Waals surface area contributed by atoms with Gasteiger partial charge < -0.3 is 9.47 Å². The summed E-state index contributed by atoms with van der Waals surface area (Å²) in [5.74, 6) is 1.11. The third kappa shape index (κ3) is 3.86. The second-order valence-electron chi connectivity index (χ2n) is 6.02. The van der Waals surface area contributed by atoms with Gasteiger partial charge in [-0.3, -0.25) is 0 Å². The second kappa shape index (κ2) is 8.24. The van der Waals surface area contributed by atoms with E-state index in [4.69, 9.17) is 21.1 Å². The van der Waals surface area contributed by atoms with Crippen molar-refractivity contribution in [3.8, 4) is 22.9 Å². The summed E-state index contributed by atoms with van der Waals surface area (Å²) in [6.45, 7) is 6.43. The number of nitrogens with zero attached hydrogens (tertiary/aromatic N) is 2. The summed E-state index contributed by atoms with van der Waals surface area (Å²) in [7, 11) is -3.81. The Labute approximate surface area is 169 Å². The Balaban J connectivity index is 2.12. The van der Waals surface area contributed by atoms with E-state index in [0.717, 1.165) is 9.54 Å². The van der Waals surface area contributed by atoms with Gasteiger partial charge in [-0.1, -0.05) is 29.3 Å². The van der Waals surface area contributed by atoms with Gasteiger partial charge >= 0.3 is 0 Å². The van der Waals surface area contributed by atoms with Crippen LogP contribution in [0, 0.1) is 6.92 Å². The van der Waals surface area contributed by atoms with Crippen molar-refractivity contribution < 1.29 is 17.9 Å². The average molecular weight is 421 g/mol. The third-order valence-corrected chi connectivity index (χ3v) is 6.00. The molecule has 6 nitrogen and oxygen atoms in total. The van der Waals surface area contributed by atoms with E-state index in [1.807, 2.05) is 20.8 Å². The van der Waals surface area contributed by atoms with E-state index in [0.29, 0.717) is 35.3 Å². The van der Waals surface area contributed by atoms with Crippen molar-refractivity contribution in [2.75, 3.05) is 13.2 Å². The molecule has 148 valence electrons. The van der Waals surface area contributed by atoms with Crippen molar-refractivity contribution in [3.63, 3.8) is 0 Å². The zero-order valence-corrected chi connectivity index (χ0v) is 17.4. The van der Waals surface area contributed by atoms with Crippen LogP contribution in [0.5, 0.6) is 11.5 Å². The van der Waals surface area contributed by atoms with Crippen molar-refractivity contribution in [1.29, 1.82) is 0 Å². The fourth-order valence-electron chi connectivity index (χ4n) is 2.76. The van der Waals surface area contributed by atoms with Crippen LogP contribution < -0.4 is 9.47 Å². The first kappa shape index (κ1) is 20.2. The largest absolute Gasteiger partial charge is 0.490 e. The van der Waals surface area contributed by atoms with E-state index in [1.165, 1.54) is 12.4 Å². The van der Waals surface area contributed by atoms with Crippen molar-refractivity contribution in [2.45, 2.75) is 25.7 Å². The molecule has 0 N–H and O–H groups in total. The highest BCUT2D eigenvalue weighted by Crippen LogP contribution is 2.39. The first-order chi connectivity index (χ1) is 13.4. The van der Waals surface area contributed by atoms with Crippen molar-refractivity contribution in [2.24, 2.45) is 0 Å². The van der Waals surface area contributed by atoms with Crippen molar-refractivity contribution >= 4 is 21.6 Å². The lowest BCUT2D eigenvalue weighted by atomic mass is 10.2. The van der Waals surface area contributed by atoms with Gasteiger partial charge in [0.2, 0.25) is 0 Å². The zero-order valence-electron chi connectivity index (χ0n) is 15.8. The molecule has 0 unspecified atom stereocenters. The van der Waals surface area contributed by atoms with E-state index < -0.39 is 10.0 Å². The van der Waals surface area contributed by atoms with E-state index in [-0.39, 0.29) is 10.7 Å². The molecule has 0 amide bonds. The lowest BCUT2D eigenvalue weighted by molar-refractivity contribution is 0.288. The van der Waals surface area contributed by atoms with E-state index >= 15 is 0 Å². The Bertz CT molecular complexity index is 1080. The molecule has 0 bridgehead atoms. The van der Waals surface area contributed by atoms with Crippen molar-refractivity contribution in [3.05, 3.63) is 59.4 Å². The molecular formula is C20H21ClN2O4S. The third-order valence-electron chi connectivity index (χ3n) is 4.04. The maximum atomic E-state index is 13.1. The fourth-order valence-corrected chi connectivity index (χ4v) is 4.32. The zero-order chi connectivity index (χ0) is 20.3. The lowest BCUT2D eigenvalue weighted by Crippen LogP contribution is -2.13. The number of hydrogen-bond acceptors (Lipinski definition) is 5. The number of halogens is 1. The van der Waals surface area contributed by atoms with E-state index in [2.05, 4.69) is 4.98 Å². The minimum absolute atomic E-state index is 0.180.